The van der Waals surface area contributed by atoms with Gasteiger partial charge in [0, 0.05) is 50.1 Å². The molecule has 2 aromatic rings. The van der Waals surface area contributed by atoms with E-state index in [0.717, 1.165) is 19.3 Å². The Morgan fingerprint density at radius 1 is 1.07 bits per heavy atom. The van der Waals surface area contributed by atoms with E-state index in [1.807, 2.05) is 27.7 Å². The minimum Gasteiger partial charge on any atom is -0.497 e. The van der Waals surface area contributed by atoms with Crippen molar-refractivity contribution in [1.29, 1.82) is 0 Å². The van der Waals surface area contributed by atoms with Gasteiger partial charge < -0.3 is 45.1 Å². The van der Waals surface area contributed by atoms with Crippen molar-refractivity contribution >= 4 is 29.3 Å². The normalized spacial score (nSPS) is 20.1. The molecule has 4 N–H and O–H groups in total. The van der Waals surface area contributed by atoms with Gasteiger partial charge in [0.05, 0.1) is 37.5 Å². The van der Waals surface area contributed by atoms with Crippen LogP contribution in [-0.4, -0.2) is 97.6 Å². The van der Waals surface area contributed by atoms with Crippen molar-refractivity contribution in [2.75, 3.05) is 51.1 Å². The van der Waals surface area contributed by atoms with Gasteiger partial charge in [-0.2, -0.15) is 0 Å². The van der Waals surface area contributed by atoms with Crippen LogP contribution in [0.2, 0.25) is 0 Å². The highest BCUT2D eigenvalue weighted by Gasteiger charge is 2.31. The molecule has 0 fully saturated rings. The number of aliphatic hydroxyl groups is 1. The molecule has 254 valence electrons. The lowest BCUT2D eigenvalue weighted by Crippen LogP contribution is -2.48. The zero-order valence-electron chi connectivity index (χ0n) is 28.2. The lowest BCUT2D eigenvalue weighted by Gasteiger charge is -2.35. The molecule has 1 heterocycles. The van der Waals surface area contributed by atoms with Gasteiger partial charge in [0.15, 0.2) is 0 Å². The molecular formula is C34H51N5O7. The first-order valence-electron chi connectivity index (χ1n) is 16.0. The monoisotopic (exact) mass is 641 g/mol. The number of aliphatic hydroxyl groups excluding tert-OH is 1. The molecule has 4 atom stereocenters. The highest BCUT2D eigenvalue weighted by Crippen LogP contribution is 2.28. The standard InChI is InChI=1S/C34H51N5O7/c1-22(2)35-33(42)36-27-13-16-30-29(18-27)32(41)39(24(4)21-40)19-23(3)31(45-17-9-8-10-25(5)46-30)20-38(6)34(43)37-26-11-14-28(44-7)15-12-26/h11-16,18,22-25,31,40H,8-10,17,19-21H2,1-7H3,(H,37,43)(H2,35,36,42)/t23-,24+,25-,31-/m0/s1. The van der Waals surface area contributed by atoms with Gasteiger partial charge in [-0.05, 0) is 89.4 Å². The van der Waals surface area contributed by atoms with Gasteiger partial charge in [0.1, 0.15) is 11.5 Å². The third-order valence-corrected chi connectivity index (χ3v) is 7.87. The first kappa shape index (κ1) is 36.4. The lowest BCUT2D eigenvalue weighted by molar-refractivity contribution is -0.0115. The van der Waals surface area contributed by atoms with Crippen molar-refractivity contribution in [3.8, 4) is 11.5 Å². The molecular weight excluding hydrogens is 590 g/mol. The number of urea groups is 2. The number of fused-ring (bicyclic) bond motifs is 1. The van der Waals surface area contributed by atoms with Gasteiger partial charge in [-0.1, -0.05) is 6.92 Å². The van der Waals surface area contributed by atoms with E-state index in [2.05, 4.69) is 16.0 Å². The number of amides is 5. The van der Waals surface area contributed by atoms with E-state index in [-0.39, 0.29) is 61.3 Å². The molecule has 12 heteroatoms. The number of carbonyl (C=O) groups excluding carboxylic acids is 3. The van der Waals surface area contributed by atoms with E-state index in [1.54, 1.807) is 73.3 Å². The second-order valence-corrected chi connectivity index (χ2v) is 12.3. The summed E-state index contributed by atoms with van der Waals surface area (Å²) < 4.78 is 17.8. The third-order valence-electron chi connectivity index (χ3n) is 7.87. The minimum absolute atomic E-state index is 0.0618. The SMILES string of the molecule is COc1ccc(NC(=O)N(C)C[C@@H]2OCCCC[C@H](C)Oc3ccc(NC(=O)NC(C)C)cc3C(=O)N([C@H](C)CO)C[C@@H]2C)cc1. The Bertz CT molecular complexity index is 1290. The average molecular weight is 642 g/mol. The molecule has 0 aliphatic carbocycles. The highest BCUT2D eigenvalue weighted by molar-refractivity contribution is 5.99. The molecule has 3 rings (SSSR count). The molecule has 1 aliphatic heterocycles. The van der Waals surface area contributed by atoms with Crippen LogP contribution in [0.3, 0.4) is 0 Å². The first-order valence-corrected chi connectivity index (χ1v) is 16.0. The largest absolute Gasteiger partial charge is 0.497 e. The summed E-state index contributed by atoms with van der Waals surface area (Å²) >= 11 is 0. The summed E-state index contributed by atoms with van der Waals surface area (Å²) in [4.78, 5) is 43.0. The topological polar surface area (TPSA) is 142 Å². The van der Waals surface area contributed by atoms with Crippen molar-refractivity contribution < 1.29 is 33.7 Å². The first-order chi connectivity index (χ1) is 21.9. The zero-order chi connectivity index (χ0) is 33.8. The fourth-order valence-electron chi connectivity index (χ4n) is 5.14. The summed E-state index contributed by atoms with van der Waals surface area (Å²) in [6, 6.07) is 10.9. The number of hydrogen-bond acceptors (Lipinski definition) is 7. The molecule has 0 spiro atoms. The second-order valence-electron chi connectivity index (χ2n) is 12.3. The Balaban J connectivity index is 1.87. The number of nitrogens with one attached hydrogen (secondary N) is 3. The van der Waals surface area contributed by atoms with E-state index in [9.17, 15) is 19.5 Å². The number of methoxy groups -OCH3 is 1. The Morgan fingerprint density at radius 3 is 2.41 bits per heavy atom. The minimum atomic E-state index is -0.522. The van der Waals surface area contributed by atoms with Crippen LogP contribution in [-0.2, 0) is 4.74 Å². The van der Waals surface area contributed by atoms with Gasteiger partial charge in [-0.25, -0.2) is 9.59 Å². The van der Waals surface area contributed by atoms with Crippen molar-refractivity contribution in [2.24, 2.45) is 5.92 Å². The van der Waals surface area contributed by atoms with E-state index < -0.39 is 12.1 Å². The van der Waals surface area contributed by atoms with Crippen LogP contribution in [0.25, 0.3) is 0 Å². The summed E-state index contributed by atoms with van der Waals surface area (Å²) in [7, 11) is 3.29. The molecule has 0 aromatic heterocycles. The number of hydrogen-bond donors (Lipinski definition) is 4. The Kier molecular flexibility index (Phi) is 13.9. The molecule has 0 saturated heterocycles. The van der Waals surface area contributed by atoms with Crippen LogP contribution >= 0.6 is 0 Å². The van der Waals surface area contributed by atoms with E-state index >= 15 is 0 Å². The van der Waals surface area contributed by atoms with E-state index in [4.69, 9.17) is 14.2 Å². The van der Waals surface area contributed by atoms with Crippen LogP contribution in [0, 0.1) is 5.92 Å². The van der Waals surface area contributed by atoms with Gasteiger partial charge in [0.25, 0.3) is 5.91 Å². The predicted octanol–water partition coefficient (Wildman–Crippen LogP) is 5.18. The number of carbonyl (C=O) groups is 3. The van der Waals surface area contributed by atoms with Crippen molar-refractivity contribution in [1.82, 2.24) is 15.1 Å². The summed E-state index contributed by atoms with van der Waals surface area (Å²) in [6.45, 7) is 10.2. The molecule has 0 bridgehead atoms. The molecule has 46 heavy (non-hydrogen) atoms. The Morgan fingerprint density at radius 2 is 1.76 bits per heavy atom. The molecule has 12 nitrogen and oxygen atoms in total. The van der Waals surface area contributed by atoms with Crippen LogP contribution in [0.1, 0.15) is 64.2 Å². The van der Waals surface area contributed by atoms with Crippen molar-refractivity contribution in [2.45, 2.75) is 78.2 Å². The number of likely N-dealkylation sites (N-methyl/N-ethyl adjacent to an activating group) is 1. The van der Waals surface area contributed by atoms with Crippen LogP contribution in [0.5, 0.6) is 11.5 Å². The highest BCUT2D eigenvalue weighted by atomic mass is 16.5. The maximum Gasteiger partial charge on any atom is 0.321 e. The average Bonchev–Trinajstić information content (AvgIpc) is 3.02. The van der Waals surface area contributed by atoms with E-state index in [0.29, 0.717) is 29.5 Å². The number of rotatable bonds is 8. The van der Waals surface area contributed by atoms with Crippen LogP contribution in [0.15, 0.2) is 42.5 Å². The summed E-state index contributed by atoms with van der Waals surface area (Å²) in [5.41, 5.74) is 1.36. The van der Waals surface area contributed by atoms with Crippen LogP contribution < -0.4 is 25.4 Å². The van der Waals surface area contributed by atoms with Gasteiger partial charge in [-0.15, -0.1) is 0 Å². The third kappa shape index (κ3) is 10.8. The predicted molar refractivity (Wildman–Crippen MR) is 179 cm³/mol. The molecule has 0 saturated carbocycles. The lowest BCUT2D eigenvalue weighted by atomic mass is 10.0. The summed E-state index contributed by atoms with van der Waals surface area (Å²) in [5, 5.41) is 18.7. The van der Waals surface area contributed by atoms with Gasteiger partial charge >= 0.3 is 12.1 Å². The summed E-state index contributed by atoms with van der Waals surface area (Å²) in [6.07, 6.45) is 1.83. The number of nitrogens with zero attached hydrogens (tertiary/aromatic N) is 2. The Labute approximate surface area is 272 Å². The maximum atomic E-state index is 14.2. The van der Waals surface area contributed by atoms with Crippen LogP contribution in [0.4, 0.5) is 21.0 Å². The smallest absolute Gasteiger partial charge is 0.321 e. The maximum absolute atomic E-state index is 14.2. The molecule has 0 unspecified atom stereocenters. The number of anilines is 2. The quantitative estimate of drug-likeness (QED) is 0.311. The van der Waals surface area contributed by atoms with Crippen molar-refractivity contribution in [3.63, 3.8) is 0 Å². The van der Waals surface area contributed by atoms with Gasteiger partial charge in [0.2, 0.25) is 0 Å². The second kappa shape index (κ2) is 17.6. The Hall–Kier alpha value is -4.03. The zero-order valence-corrected chi connectivity index (χ0v) is 28.2. The fraction of sp³-hybridized carbons (Fsp3) is 0.559. The van der Waals surface area contributed by atoms with E-state index in [1.165, 1.54) is 0 Å². The van der Waals surface area contributed by atoms with Gasteiger partial charge in [-0.3, -0.25) is 4.79 Å². The number of benzene rings is 2. The molecule has 2 aromatic carbocycles. The van der Waals surface area contributed by atoms with Crippen molar-refractivity contribution in [3.05, 3.63) is 48.0 Å². The molecule has 1 aliphatic rings. The molecule has 5 amide bonds. The molecule has 0 radical (unpaired) electrons. The number of ether oxygens (including phenoxy) is 3. The summed E-state index contributed by atoms with van der Waals surface area (Å²) in [5.74, 6) is 0.551. The fourth-order valence-corrected chi connectivity index (χ4v) is 5.14.